The van der Waals surface area contributed by atoms with Crippen LogP contribution in [0.4, 0.5) is 0 Å². The van der Waals surface area contributed by atoms with E-state index in [4.69, 9.17) is 0 Å². The molecular weight excluding hydrogens is 172 g/mol. The van der Waals surface area contributed by atoms with Crippen LogP contribution < -0.4 is 0 Å². The molecule has 1 aromatic heterocycles. The summed E-state index contributed by atoms with van der Waals surface area (Å²) in [5, 5.41) is 1.28. The number of hydrogen-bond acceptors (Lipinski definition) is 2. The van der Waals surface area contributed by atoms with E-state index in [-0.39, 0.29) is 0 Å². The highest BCUT2D eigenvalue weighted by Crippen LogP contribution is 2.32. The van der Waals surface area contributed by atoms with Crippen LogP contribution in [0.1, 0.15) is 4.88 Å². The Kier molecular flexibility index (Phi) is 1.66. The van der Waals surface area contributed by atoms with Crippen LogP contribution in [0.15, 0.2) is 29.2 Å². The molecule has 0 aliphatic rings. The van der Waals surface area contributed by atoms with Crippen molar-refractivity contribution in [2.45, 2.75) is 11.8 Å². The van der Waals surface area contributed by atoms with E-state index in [1.54, 1.807) is 11.3 Å². The van der Waals surface area contributed by atoms with E-state index in [1.165, 1.54) is 15.0 Å². The quantitative estimate of drug-likeness (QED) is 0.589. The summed E-state index contributed by atoms with van der Waals surface area (Å²) < 4.78 is 1.33. The van der Waals surface area contributed by atoms with E-state index in [0.29, 0.717) is 0 Å². The number of benzene rings is 1. The number of hydrogen-bond donors (Lipinski definition) is 1. The van der Waals surface area contributed by atoms with Crippen molar-refractivity contribution in [3.63, 3.8) is 0 Å². The summed E-state index contributed by atoms with van der Waals surface area (Å²) >= 11 is 6.23. The van der Waals surface area contributed by atoms with Gasteiger partial charge in [-0.2, -0.15) is 0 Å². The van der Waals surface area contributed by atoms with E-state index >= 15 is 0 Å². The fourth-order valence-electron chi connectivity index (χ4n) is 1.15. The van der Waals surface area contributed by atoms with Crippen molar-refractivity contribution >= 4 is 34.1 Å². The molecule has 11 heavy (non-hydrogen) atoms. The molecule has 0 N–H and O–H groups in total. The van der Waals surface area contributed by atoms with Gasteiger partial charge in [0.25, 0.3) is 0 Å². The molecule has 2 rings (SSSR count). The first-order valence-electron chi connectivity index (χ1n) is 3.46. The van der Waals surface area contributed by atoms with E-state index < -0.39 is 0 Å². The predicted octanol–water partition coefficient (Wildman–Crippen LogP) is 3.50. The van der Waals surface area contributed by atoms with Gasteiger partial charge in [-0.05, 0) is 13.0 Å². The Morgan fingerprint density at radius 1 is 1.27 bits per heavy atom. The molecule has 2 aromatic rings. The summed E-state index contributed by atoms with van der Waals surface area (Å²) in [7, 11) is 0. The summed E-state index contributed by atoms with van der Waals surface area (Å²) in [6, 6.07) is 8.35. The van der Waals surface area contributed by atoms with Gasteiger partial charge in [-0.1, -0.05) is 18.2 Å². The minimum Gasteiger partial charge on any atom is -0.142 e. The summed E-state index contributed by atoms with van der Waals surface area (Å²) in [6.07, 6.45) is 0. The van der Waals surface area contributed by atoms with Crippen LogP contribution in [-0.4, -0.2) is 0 Å². The largest absolute Gasteiger partial charge is 0.142 e. The van der Waals surface area contributed by atoms with Crippen LogP contribution in [0.5, 0.6) is 0 Å². The van der Waals surface area contributed by atoms with Gasteiger partial charge in [0.1, 0.15) is 0 Å². The molecule has 2 heteroatoms. The smallest absolute Gasteiger partial charge is 0.0357 e. The molecule has 0 amide bonds. The summed E-state index contributed by atoms with van der Waals surface area (Å²) in [4.78, 5) is 2.43. The Hall–Kier alpha value is -0.470. The van der Waals surface area contributed by atoms with Crippen molar-refractivity contribution in [1.82, 2.24) is 0 Å². The molecule has 1 heterocycles. The molecule has 56 valence electrons. The fraction of sp³-hybridized carbons (Fsp3) is 0.111. The van der Waals surface area contributed by atoms with Gasteiger partial charge in [0.05, 0.1) is 0 Å². The number of thiophene rings is 1. The first kappa shape index (κ1) is 7.19. The fourth-order valence-corrected chi connectivity index (χ4v) is 2.52. The van der Waals surface area contributed by atoms with Crippen molar-refractivity contribution in [2.24, 2.45) is 0 Å². The molecule has 0 atom stereocenters. The van der Waals surface area contributed by atoms with Gasteiger partial charge in [0.15, 0.2) is 0 Å². The molecule has 0 unspecified atom stereocenters. The number of thiol groups is 1. The van der Waals surface area contributed by atoms with Crippen LogP contribution in [0.25, 0.3) is 10.1 Å². The maximum Gasteiger partial charge on any atom is 0.0357 e. The molecule has 0 fully saturated rings. The van der Waals surface area contributed by atoms with E-state index in [1.807, 2.05) is 6.07 Å². The number of aryl methyl sites for hydroxylation is 1. The van der Waals surface area contributed by atoms with Gasteiger partial charge in [-0.3, -0.25) is 0 Å². The molecule has 0 saturated heterocycles. The van der Waals surface area contributed by atoms with Crippen LogP contribution in [0.3, 0.4) is 0 Å². The Bertz CT molecular complexity index is 387. The normalized spacial score (nSPS) is 10.7. The van der Waals surface area contributed by atoms with Gasteiger partial charge >= 0.3 is 0 Å². The summed E-state index contributed by atoms with van der Waals surface area (Å²) in [6.45, 7) is 2.10. The third-order valence-electron chi connectivity index (χ3n) is 1.74. The summed E-state index contributed by atoms with van der Waals surface area (Å²) in [5.41, 5.74) is 0. The lowest BCUT2D eigenvalue weighted by Gasteiger charge is -1.87. The maximum absolute atomic E-state index is 4.43. The monoisotopic (exact) mass is 180 g/mol. The van der Waals surface area contributed by atoms with Crippen LogP contribution in [0, 0.1) is 6.92 Å². The van der Waals surface area contributed by atoms with Gasteiger partial charge in [-0.15, -0.1) is 24.0 Å². The minimum atomic E-state index is 1.13. The first-order chi connectivity index (χ1) is 5.29. The molecule has 0 radical (unpaired) electrons. The van der Waals surface area contributed by atoms with Crippen LogP contribution >= 0.6 is 24.0 Å². The predicted molar refractivity (Wildman–Crippen MR) is 53.8 cm³/mol. The lowest BCUT2D eigenvalue weighted by molar-refractivity contribution is 1.47. The topological polar surface area (TPSA) is 0 Å². The Morgan fingerprint density at radius 2 is 2.00 bits per heavy atom. The maximum atomic E-state index is 4.43. The Morgan fingerprint density at radius 3 is 2.73 bits per heavy atom. The molecule has 0 aliphatic heterocycles. The average Bonchev–Trinajstić information content (AvgIpc) is 2.30. The van der Waals surface area contributed by atoms with Crippen molar-refractivity contribution in [3.8, 4) is 0 Å². The Labute approximate surface area is 75.3 Å². The third kappa shape index (κ3) is 1.06. The second-order valence-corrected chi connectivity index (χ2v) is 4.21. The van der Waals surface area contributed by atoms with Crippen molar-refractivity contribution < 1.29 is 0 Å². The van der Waals surface area contributed by atoms with Crippen molar-refractivity contribution in [3.05, 3.63) is 29.1 Å². The lowest BCUT2D eigenvalue weighted by atomic mass is 10.2. The SMILES string of the molecule is Cc1sc2ccccc2c1S. The first-order valence-corrected chi connectivity index (χ1v) is 4.72. The molecule has 0 saturated carbocycles. The average molecular weight is 180 g/mol. The summed E-state index contributed by atoms with van der Waals surface area (Å²) in [5.74, 6) is 0. The van der Waals surface area contributed by atoms with Crippen molar-refractivity contribution in [1.29, 1.82) is 0 Å². The zero-order valence-corrected chi connectivity index (χ0v) is 7.88. The second-order valence-electron chi connectivity index (χ2n) is 2.50. The zero-order chi connectivity index (χ0) is 7.84. The molecule has 0 nitrogen and oxygen atoms in total. The standard InChI is InChI=1S/C9H8S2/c1-6-9(10)7-4-2-3-5-8(7)11-6/h2-5,10H,1H3. The molecule has 0 spiro atoms. The van der Waals surface area contributed by atoms with Crippen LogP contribution in [-0.2, 0) is 0 Å². The third-order valence-corrected chi connectivity index (χ3v) is 3.55. The van der Waals surface area contributed by atoms with Crippen molar-refractivity contribution in [2.75, 3.05) is 0 Å². The van der Waals surface area contributed by atoms with Gasteiger partial charge < -0.3 is 0 Å². The molecule has 0 aliphatic carbocycles. The highest BCUT2D eigenvalue weighted by Gasteiger charge is 2.02. The molecule has 0 bridgehead atoms. The highest BCUT2D eigenvalue weighted by molar-refractivity contribution is 7.80. The van der Waals surface area contributed by atoms with E-state index in [0.717, 1.165) is 4.90 Å². The minimum absolute atomic E-state index is 1.13. The molecule has 1 aromatic carbocycles. The number of rotatable bonds is 0. The highest BCUT2D eigenvalue weighted by atomic mass is 32.1. The Balaban J connectivity index is 2.92. The van der Waals surface area contributed by atoms with E-state index in [9.17, 15) is 0 Å². The number of fused-ring (bicyclic) bond motifs is 1. The van der Waals surface area contributed by atoms with Crippen LogP contribution in [0.2, 0.25) is 0 Å². The van der Waals surface area contributed by atoms with E-state index in [2.05, 4.69) is 37.8 Å². The zero-order valence-electron chi connectivity index (χ0n) is 6.16. The lowest BCUT2D eigenvalue weighted by Crippen LogP contribution is -1.63. The van der Waals surface area contributed by atoms with Gasteiger partial charge in [0.2, 0.25) is 0 Å². The molecular formula is C9H8S2. The van der Waals surface area contributed by atoms with Gasteiger partial charge in [-0.25, -0.2) is 0 Å². The second kappa shape index (κ2) is 2.54. The van der Waals surface area contributed by atoms with Gasteiger partial charge in [0, 0.05) is 19.9 Å².